The Kier molecular flexibility index (Phi) is 9.70. The van der Waals surface area contributed by atoms with E-state index in [9.17, 15) is 24.3 Å². The van der Waals surface area contributed by atoms with Gasteiger partial charge in [-0.3, -0.25) is 14.4 Å². The Labute approximate surface area is 187 Å². The molecular formula is C22H31N3O7. The zero-order chi connectivity index (χ0) is 24.5. The molecule has 0 saturated heterocycles. The zero-order valence-corrected chi connectivity index (χ0v) is 19.0. The fourth-order valence-corrected chi connectivity index (χ4v) is 2.75. The summed E-state index contributed by atoms with van der Waals surface area (Å²) in [6.07, 6.45) is 0.602. The Hall–Kier alpha value is -3.56. The van der Waals surface area contributed by atoms with Crippen LogP contribution in [0.5, 0.6) is 5.75 Å². The number of benzene rings is 1. The molecule has 2 unspecified atom stereocenters. The number of aromatic hydroxyl groups is 1. The molecule has 0 saturated carbocycles. The summed E-state index contributed by atoms with van der Waals surface area (Å²) in [5.41, 5.74) is -0.630. The number of phenolic OH excluding ortho intramolecular Hbond substituents is 1. The predicted octanol–water partition coefficient (Wildman–Crippen LogP) is 1.65. The van der Waals surface area contributed by atoms with Crippen LogP contribution >= 0.6 is 0 Å². The summed E-state index contributed by atoms with van der Waals surface area (Å²) in [4.78, 5) is 50.9. The molecule has 0 fully saturated rings. The van der Waals surface area contributed by atoms with Crippen molar-refractivity contribution in [2.75, 3.05) is 20.2 Å². The van der Waals surface area contributed by atoms with E-state index in [4.69, 9.17) is 4.74 Å². The Bertz CT molecular complexity index is 848. The van der Waals surface area contributed by atoms with Gasteiger partial charge < -0.3 is 30.1 Å². The maximum Gasteiger partial charge on any atom is 0.408 e. The van der Waals surface area contributed by atoms with E-state index in [2.05, 4.69) is 21.9 Å². The van der Waals surface area contributed by atoms with E-state index in [1.165, 1.54) is 32.2 Å². The number of alkyl carbamates (subject to hydrolysis) is 1. The smallest absolute Gasteiger partial charge is 0.408 e. The lowest BCUT2D eigenvalue weighted by Crippen LogP contribution is -2.52. The molecule has 10 heteroatoms. The van der Waals surface area contributed by atoms with Crippen molar-refractivity contribution in [3.63, 3.8) is 0 Å². The number of carbonyl (C=O) groups is 4. The minimum atomic E-state index is -1.31. The number of nitrogens with zero attached hydrogens (tertiary/aromatic N) is 1. The fourth-order valence-electron chi connectivity index (χ4n) is 2.75. The molecule has 0 aliphatic rings. The lowest BCUT2D eigenvalue weighted by atomic mass is 10.0. The molecule has 176 valence electrons. The first kappa shape index (κ1) is 26.5. The van der Waals surface area contributed by atoms with Crippen LogP contribution in [0.15, 0.2) is 36.9 Å². The van der Waals surface area contributed by atoms with Crippen molar-refractivity contribution in [1.29, 1.82) is 0 Å². The first-order valence-corrected chi connectivity index (χ1v) is 9.94. The summed E-state index contributed by atoms with van der Waals surface area (Å²) >= 11 is 0. The Morgan fingerprint density at radius 1 is 1.22 bits per heavy atom. The van der Waals surface area contributed by atoms with E-state index in [0.717, 1.165) is 4.90 Å². The Balaban J connectivity index is 3.25. The molecule has 0 aromatic heterocycles. The minimum Gasteiger partial charge on any atom is -0.508 e. The van der Waals surface area contributed by atoms with E-state index in [1.807, 2.05) is 0 Å². The van der Waals surface area contributed by atoms with Gasteiger partial charge in [0.25, 0.3) is 0 Å². The molecule has 0 bridgehead atoms. The third kappa shape index (κ3) is 7.93. The first-order valence-electron chi connectivity index (χ1n) is 9.94. The lowest BCUT2D eigenvalue weighted by molar-refractivity contribution is -0.144. The molecule has 3 amide bonds. The standard InChI is InChI=1S/C22H31N3O7/c1-7-12-25(20(29)14(2)24-21(30)32-22(3,4)5)18(15-10-8-9-11-16(15)26)19(28)23-13-17(27)31-6/h7-11,14,18,26H,1,12-13H2,2-6H3,(H,23,28)(H,24,30). The molecular weight excluding hydrogens is 418 g/mol. The molecule has 3 N–H and O–H groups in total. The van der Waals surface area contributed by atoms with Crippen LogP contribution < -0.4 is 10.6 Å². The van der Waals surface area contributed by atoms with Crippen molar-refractivity contribution in [1.82, 2.24) is 15.5 Å². The molecule has 0 heterocycles. The van der Waals surface area contributed by atoms with Gasteiger partial charge in [-0.05, 0) is 33.8 Å². The van der Waals surface area contributed by atoms with E-state index in [0.29, 0.717) is 0 Å². The van der Waals surface area contributed by atoms with Gasteiger partial charge in [-0.2, -0.15) is 0 Å². The largest absolute Gasteiger partial charge is 0.508 e. The van der Waals surface area contributed by atoms with Gasteiger partial charge in [-0.1, -0.05) is 24.3 Å². The number of hydrogen-bond donors (Lipinski definition) is 3. The Morgan fingerprint density at radius 2 is 1.84 bits per heavy atom. The number of carbonyl (C=O) groups excluding carboxylic acids is 4. The number of amides is 3. The second-order valence-electron chi connectivity index (χ2n) is 7.90. The van der Waals surface area contributed by atoms with E-state index < -0.39 is 48.1 Å². The second kappa shape index (κ2) is 11.7. The van der Waals surface area contributed by atoms with Gasteiger partial charge in [0.05, 0.1) is 7.11 Å². The monoisotopic (exact) mass is 449 g/mol. The number of ether oxygens (including phenoxy) is 2. The van der Waals surface area contributed by atoms with Crippen LogP contribution in [-0.4, -0.2) is 65.7 Å². The number of phenols is 1. The summed E-state index contributed by atoms with van der Waals surface area (Å²) in [5.74, 6) is -2.26. The molecule has 1 rings (SSSR count). The van der Waals surface area contributed by atoms with Crippen molar-refractivity contribution in [2.45, 2.75) is 45.4 Å². The van der Waals surface area contributed by atoms with Gasteiger partial charge in [-0.25, -0.2) is 4.79 Å². The van der Waals surface area contributed by atoms with Gasteiger partial charge in [0, 0.05) is 12.1 Å². The minimum absolute atomic E-state index is 0.0795. The molecule has 0 aliphatic carbocycles. The fraction of sp³-hybridized carbons (Fsp3) is 0.455. The molecule has 1 aromatic carbocycles. The van der Waals surface area contributed by atoms with Gasteiger partial charge in [0.1, 0.15) is 30.0 Å². The molecule has 0 spiro atoms. The van der Waals surface area contributed by atoms with Crippen LogP contribution in [0.3, 0.4) is 0 Å². The highest BCUT2D eigenvalue weighted by atomic mass is 16.6. The SMILES string of the molecule is C=CCN(C(=O)C(C)NC(=O)OC(C)(C)C)C(C(=O)NCC(=O)OC)c1ccccc1O. The Morgan fingerprint density at radius 3 is 2.38 bits per heavy atom. The highest BCUT2D eigenvalue weighted by Gasteiger charge is 2.35. The van der Waals surface area contributed by atoms with Crippen molar-refractivity contribution in [3.05, 3.63) is 42.5 Å². The summed E-state index contributed by atoms with van der Waals surface area (Å²) in [5, 5.41) is 15.2. The van der Waals surface area contributed by atoms with Gasteiger partial charge in [0.2, 0.25) is 11.8 Å². The maximum absolute atomic E-state index is 13.2. The third-order valence-corrected chi connectivity index (χ3v) is 4.14. The number of methoxy groups -OCH3 is 1. The van der Waals surface area contributed by atoms with Crippen LogP contribution in [0.25, 0.3) is 0 Å². The molecule has 0 aliphatic heterocycles. The number of rotatable bonds is 9. The highest BCUT2D eigenvalue weighted by molar-refractivity contribution is 5.93. The quantitative estimate of drug-likeness (QED) is 0.385. The van der Waals surface area contributed by atoms with Crippen LogP contribution in [0.1, 0.15) is 39.3 Å². The highest BCUT2D eigenvalue weighted by Crippen LogP contribution is 2.29. The van der Waals surface area contributed by atoms with E-state index in [-0.39, 0.29) is 17.9 Å². The van der Waals surface area contributed by atoms with E-state index in [1.54, 1.807) is 32.9 Å². The number of para-hydroxylation sites is 1. The van der Waals surface area contributed by atoms with Gasteiger partial charge >= 0.3 is 12.1 Å². The topological polar surface area (TPSA) is 134 Å². The van der Waals surface area contributed by atoms with E-state index >= 15 is 0 Å². The molecule has 10 nitrogen and oxygen atoms in total. The second-order valence-corrected chi connectivity index (χ2v) is 7.90. The third-order valence-electron chi connectivity index (χ3n) is 4.14. The number of hydrogen-bond acceptors (Lipinski definition) is 7. The molecule has 1 aromatic rings. The zero-order valence-electron chi connectivity index (χ0n) is 19.0. The average molecular weight is 450 g/mol. The molecule has 32 heavy (non-hydrogen) atoms. The van der Waals surface area contributed by atoms with Crippen molar-refractivity contribution < 1.29 is 33.8 Å². The summed E-state index contributed by atoms with van der Waals surface area (Å²) in [7, 11) is 1.17. The van der Waals surface area contributed by atoms with Gasteiger partial charge in [-0.15, -0.1) is 6.58 Å². The number of nitrogens with one attached hydrogen (secondary N) is 2. The normalized spacial score (nSPS) is 12.7. The number of esters is 1. The predicted molar refractivity (Wildman–Crippen MR) is 117 cm³/mol. The maximum atomic E-state index is 13.2. The summed E-state index contributed by atoms with van der Waals surface area (Å²) in [6, 6.07) is 3.63. The lowest BCUT2D eigenvalue weighted by Gasteiger charge is -2.33. The van der Waals surface area contributed by atoms with Crippen LogP contribution in [-0.2, 0) is 23.9 Å². The van der Waals surface area contributed by atoms with Crippen LogP contribution in [0.4, 0.5) is 4.79 Å². The first-order chi connectivity index (χ1) is 14.9. The average Bonchev–Trinajstić information content (AvgIpc) is 2.70. The summed E-state index contributed by atoms with van der Waals surface area (Å²) in [6.45, 7) is 9.61. The summed E-state index contributed by atoms with van der Waals surface area (Å²) < 4.78 is 9.70. The van der Waals surface area contributed by atoms with Crippen LogP contribution in [0, 0.1) is 0 Å². The van der Waals surface area contributed by atoms with Crippen LogP contribution in [0.2, 0.25) is 0 Å². The van der Waals surface area contributed by atoms with Crippen molar-refractivity contribution >= 4 is 23.9 Å². The molecule has 0 radical (unpaired) electrons. The van der Waals surface area contributed by atoms with Gasteiger partial charge in [0.15, 0.2) is 0 Å². The molecule has 2 atom stereocenters. The van der Waals surface area contributed by atoms with Crippen molar-refractivity contribution in [3.8, 4) is 5.75 Å². The van der Waals surface area contributed by atoms with Crippen molar-refractivity contribution in [2.24, 2.45) is 0 Å².